The van der Waals surface area contributed by atoms with E-state index in [0.29, 0.717) is 29.5 Å². The second-order valence-corrected chi connectivity index (χ2v) is 9.82. The van der Waals surface area contributed by atoms with Gasteiger partial charge in [0.1, 0.15) is 17.5 Å². The fourth-order valence-electron chi connectivity index (χ4n) is 3.88. The standard InChI is InChI=1S/C30H35ClN2O4/c1-21(2)18-32-30(35)28(17-23-9-6-5-7-10-23)33(19-24-11-8-12-25(16-24)36-4)29(34)20-37-26-13-14-27(31)22(3)15-26/h5-16,21,28H,17-20H2,1-4H3,(H,32,35). The Labute approximate surface area is 224 Å². The van der Waals surface area contributed by atoms with Crippen LogP contribution >= 0.6 is 11.6 Å². The molecule has 0 aliphatic carbocycles. The molecule has 3 aromatic carbocycles. The molecule has 0 heterocycles. The summed E-state index contributed by atoms with van der Waals surface area (Å²) in [5.74, 6) is 1.01. The number of nitrogens with one attached hydrogen (secondary N) is 1. The van der Waals surface area contributed by atoms with Gasteiger partial charge in [-0.15, -0.1) is 0 Å². The number of benzene rings is 3. The zero-order valence-electron chi connectivity index (χ0n) is 21.9. The van der Waals surface area contributed by atoms with Crippen LogP contribution in [-0.4, -0.2) is 43.0 Å². The van der Waals surface area contributed by atoms with Crippen molar-refractivity contribution in [2.45, 2.75) is 39.8 Å². The van der Waals surface area contributed by atoms with Crippen LogP contribution in [-0.2, 0) is 22.6 Å². The van der Waals surface area contributed by atoms with E-state index in [4.69, 9.17) is 21.1 Å². The van der Waals surface area contributed by atoms with Crippen LogP contribution in [0, 0.1) is 12.8 Å². The van der Waals surface area contributed by atoms with Gasteiger partial charge in [-0.05, 0) is 59.9 Å². The number of rotatable bonds is 12. The minimum absolute atomic E-state index is 0.198. The molecule has 1 unspecified atom stereocenters. The second kappa shape index (κ2) is 13.7. The molecule has 1 N–H and O–H groups in total. The Morgan fingerprint density at radius 2 is 1.68 bits per heavy atom. The van der Waals surface area contributed by atoms with Crippen LogP contribution in [0.3, 0.4) is 0 Å². The summed E-state index contributed by atoms with van der Waals surface area (Å²) in [7, 11) is 1.60. The normalized spacial score (nSPS) is 11.6. The maximum absolute atomic E-state index is 13.7. The third-order valence-electron chi connectivity index (χ3n) is 5.93. The number of halogens is 1. The molecule has 0 fully saturated rings. The smallest absolute Gasteiger partial charge is 0.261 e. The first-order valence-electron chi connectivity index (χ1n) is 12.4. The Bertz CT molecular complexity index is 1180. The minimum Gasteiger partial charge on any atom is -0.497 e. The van der Waals surface area contributed by atoms with Gasteiger partial charge in [0, 0.05) is 24.5 Å². The van der Waals surface area contributed by atoms with Crippen LogP contribution in [0.5, 0.6) is 11.5 Å². The number of hydrogen-bond acceptors (Lipinski definition) is 4. The molecular weight excluding hydrogens is 488 g/mol. The highest BCUT2D eigenvalue weighted by atomic mass is 35.5. The summed E-state index contributed by atoms with van der Waals surface area (Å²) in [6.07, 6.45) is 0.376. The average molecular weight is 523 g/mol. The van der Waals surface area contributed by atoms with Crippen molar-refractivity contribution in [3.8, 4) is 11.5 Å². The number of hydrogen-bond donors (Lipinski definition) is 1. The lowest BCUT2D eigenvalue weighted by Crippen LogP contribution is -2.52. The van der Waals surface area contributed by atoms with E-state index >= 15 is 0 Å². The molecule has 0 saturated carbocycles. The topological polar surface area (TPSA) is 67.9 Å². The molecule has 0 aromatic heterocycles. The molecule has 0 radical (unpaired) electrons. The lowest BCUT2D eigenvalue weighted by Gasteiger charge is -2.31. The molecule has 0 aliphatic rings. The molecule has 3 aromatic rings. The summed E-state index contributed by atoms with van der Waals surface area (Å²) in [6.45, 7) is 6.48. The van der Waals surface area contributed by atoms with E-state index in [0.717, 1.165) is 16.7 Å². The molecule has 3 rings (SSSR count). The number of aryl methyl sites for hydroxylation is 1. The largest absolute Gasteiger partial charge is 0.497 e. The fraction of sp³-hybridized carbons (Fsp3) is 0.333. The maximum Gasteiger partial charge on any atom is 0.261 e. The summed E-state index contributed by atoms with van der Waals surface area (Å²) < 4.78 is 11.2. The van der Waals surface area contributed by atoms with Crippen molar-refractivity contribution < 1.29 is 19.1 Å². The molecule has 0 aliphatic heterocycles. The Kier molecular flexibility index (Phi) is 10.4. The van der Waals surface area contributed by atoms with Crippen molar-refractivity contribution in [1.29, 1.82) is 0 Å². The molecule has 0 spiro atoms. The van der Waals surface area contributed by atoms with Gasteiger partial charge in [-0.1, -0.05) is 67.9 Å². The Morgan fingerprint density at radius 3 is 2.35 bits per heavy atom. The Hall–Kier alpha value is -3.51. The predicted octanol–water partition coefficient (Wildman–Crippen LogP) is 5.45. The summed E-state index contributed by atoms with van der Waals surface area (Å²) in [6, 6.07) is 21.7. The quantitative estimate of drug-likeness (QED) is 0.343. The van der Waals surface area contributed by atoms with Gasteiger partial charge in [0.2, 0.25) is 5.91 Å². The van der Waals surface area contributed by atoms with E-state index in [1.165, 1.54) is 0 Å². The van der Waals surface area contributed by atoms with Gasteiger partial charge >= 0.3 is 0 Å². The number of nitrogens with zero attached hydrogens (tertiary/aromatic N) is 1. The molecule has 7 heteroatoms. The molecule has 1 atom stereocenters. The lowest BCUT2D eigenvalue weighted by molar-refractivity contribution is -0.142. The maximum atomic E-state index is 13.7. The zero-order valence-corrected chi connectivity index (χ0v) is 22.6. The highest BCUT2D eigenvalue weighted by Gasteiger charge is 2.31. The molecule has 0 bridgehead atoms. The van der Waals surface area contributed by atoms with E-state index in [-0.39, 0.29) is 30.9 Å². The van der Waals surface area contributed by atoms with Gasteiger partial charge in [-0.3, -0.25) is 9.59 Å². The Morgan fingerprint density at radius 1 is 0.946 bits per heavy atom. The number of carbonyl (C=O) groups excluding carboxylic acids is 2. The first-order chi connectivity index (χ1) is 17.8. The van der Waals surface area contributed by atoms with Crippen molar-refractivity contribution in [1.82, 2.24) is 10.2 Å². The third-order valence-corrected chi connectivity index (χ3v) is 6.36. The van der Waals surface area contributed by atoms with Crippen LogP contribution in [0.2, 0.25) is 5.02 Å². The van der Waals surface area contributed by atoms with Crippen molar-refractivity contribution in [3.63, 3.8) is 0 Å². The second-order valence-electron chi connectivity index (χ2n) is 9.42. The van der Waals surface area contributed by atoms with Gasteiger partial charge in [0.15, 0.2) is 6.61 Å². The van der Waals surface area contributed by atoms with E-state index in [2.05, 4.69) is 5.32 Å². The number of ether oxygens (including phenoxy) is 2. The third kappa shape index (κ3) is 8.53. The average Bonchev–Trinajstić information content (AvgIpc) is 2.90. The summed E-state index contributed by atoms with van der Waals surface area (Å²) in [5, 5.41) is 3.65. The summed E-state index contributed by atoms with van der Waals surface area (Å²) in [5.41, 5.74) is 2.67. The van der Waals surface area contributed by atoms with Gasteiger partial charge < -0.3 is 19.7 Å². The van der Waals surface area contributed by atoms with Gasteiger partial charge in [0.05, 0.1) is 7.11 Å². The molecule has 196 valence electrons. The molecule has 37 heavy (non-hydrogen) atoms. The molecule has 0 saturated heterocycles. The summed E-state index contributed by atoms with van der Waals surface area (Å²) >= 11 is 6.13. The Balaban J connectivity index is 1.91. The van der Waals surface area contributed by atoms with E-state index in [1.807, 2.05) is 75.4 Å². The first kappa shape index (κ1) is 28.1. The first-order valence-corrected chi connectivity index (χ1v) is 12.8. The van der Waals surface area contributed by atoms with Crippen molar-refractivity contribution >= 4 is 23.4 Å². The number of methoxy groups -OCH3 is 1. The van der Waals surface area contributed by atoms with Gasteiger partial charge in [0.25, 0.3) is 5.91 Å². The highest BCUT2D eigenvalue weighted by Crippen LogP contribution is 2.22. The lowest BCUT2D eigenvalue weighted by atomic mass is 10.0. The van der Waals surface area contributed by atoms with Crippen LogP contribution in [0.4, 0.5) is 0 Å². The van der Waals surface area contributed by atoms with Crippen molar-refractivity contribution in [2.24, 2.45) is 5.92 Å². The van der Waals surface area contributed by atoms with Gasteiger partial charge in [-0.2, -0.15) is 0 Å². The monoisotopic (exact) mass is 522 g/mol. The number of amides is 2. The van der Waals surface area contributed by atoms with Crippen molar-refractivity contribution in [3.05, 3.63) is 94.5 Å². The molecular formula is C30H35ClN2O4. The van der Waals surface area contributed by atoms with E-state index < -0.39 is 6.04 Å². The zero-order chi connectivity index (χ0) is 26.8. The summed E-state index contributed by atoms with van der Waals surface area (Å²) in [4.78, 5) is 28.7. The van der Waals surface area contributed by atoms with Crippen LogP contribution in [0.25, 0.3) is 0 Å². The van der Waals surface area contributed by atoms with E-state index in [9.17, 15) is 9.59 Å². The van der Waals surface area contributed by atoms with E-state index in [1.54, 1.807) is 30.2 Å². The minimum atomic E-state index is -0.726. The molecule has 2 amide bonds. The van der Waals surface area contributed by atoms with Crippen LogP contribution in [0.15, 0.2) is 72.8 Å². The predicted molar refractivity (Wildman–Crippen MR) is 147 cm³/mol. The SMILES string of the molecule is COc1cccc(CN(C(=O)COc2ccc(Cl)c(C)c2)C(Cc2ccccc2)C(=O)NCC(C)C)c1. The van der Waals surface area contributed by atoms with Gasteiger partial charge in [-0.25, -0.2) is 0 Å². The van der Waals surface area contributed by atoms with Crippen LogP contribution in [0.1, 0.15) is 30.5 Å². The highest BCUT2D eigenvalue weighted by molar-refractivity contribution is 6.31. The number of carbonyl (C=O) groups is 2. The van der Waals surface area contributed by atoms with Crippen molar-refractivity contribution in [2.75, 3.05) is 20.3 Å². The molecule has 6 nitrogen and oxygen atoms in total. The van der Waals surface area contributed by atoms with Crippen LogP contribution < -0.4 is 14.8 Å². The fourth-order valence-corrected chi connectivity index (χ4v) is 4.00.